The van der Waals surface area contributed by atoms with E-state index in [0.717, 1.165) is 12.8 Å². The third-order valence-electron chi connectivity index (χ3n) is 5.57. The van der Waals surface area contributed by atoms with E-state index in [1.165, 1.54) is 0 Å². The molecule has 2 aliphatic heterocycles. The number of morpholine rings is 1. The number of unbranched alkanes of at least 4 members (excludes halogenated alkanes) is 1. The Hall–Kier alpha value is -2.54. The average Bonchev–Trinajstić information content (AvgIpc) is 2.81. The number of nitriles is 1. The fraction of sp³-hybridized carbons (Fsp3) is 0.455. The molecule has 1 saturated heterocycles. The van der Waals surface area contributed by atoms with E-state index in [-0.39, 0.29) is 21.6 Å². The number of benzene rings is 1. The van der Waals surface area contributed by atoms with Crippen molar-refractivity contribution < 1.29 is 17.9 Å². The van der Waals surface area contributed by atoms with Crippen LogP contribution < -0.4 is 14.5 Å². The lowest BCUT2D eigenvalue weighted by molar-refractivity contribution is 0.122. The van der Waals surface area contributed by atoms with Gasteiger partial charge in [-0.25, -0.2) is 8.42 Å². The first kappa shape index (κ1) is 22.6. The SMILES string of the molecule is CCCCN1CCS(=O)(=O)c2c(Cl)c(N3CCOCC3)nc(Oc3ccc(C#N)cc3)c21. The third-order valence-corrected chi connectivity index (χ3v) is 7.78. The minimum atomic E-state index is -3.61. The highest BCUT2D eigenvalue weighted by Gasteiger charge is 2.37. The van der Waals surface area contributed by atoms with Crippen molar-refractivity contribution in [2.75, 3.05) is 54.9 Å². The summed E-state index contributed by atoms with van der Waals surface area (Å²) in [7, 11) is -3.61. The highest BCUT2D eigenvalue weighted by Crippen LogP contribution is 2.47. The van der Waals surface area contributed by atoms with Gasteiger partial charge in [-0.1, -0.05) is 24.9 Å². The van der Waals surface area contributed by atoms with Gasteiger partial charge in [0.15, 0.2) is 15.7 Å². The predicted molar refractivity (Wildman–Crippen MR) is 123 cm³/mol. The second kappa shape index (κ2) is 9.53. The van der Waals surface area contributed by atoms with Crippen molar-refractivity contribution in [3.8, 4) is 17.7 Å². The van der Waals surface area contributed by atoms with E-state index in [4.69, 9.17) is 31.3 Å². The number of fused-ring (bicyclic) bond motifs is 1. The first-order valence-electron chi connectivity index (χ1n) is 10.7. The van der Waals surface area contributed by atoms with Crippen LogP contribution in [0.5, 0.6) is 11.6 Å². The molecule has 0 unspecified atom stereocenters. The average molecular weight is 477 g/mol. The molecule has 0 radical (unpaired) electrons. The van der Waals surface area contributed by atoms with E-state index in [2.05, 4.69) is 13.0 Å². The fourth-order valence-electron chi connectivity index (χ4n) is 3.85. The molecule has 2 aliphatic rings. The maximum Gasteiger partial charge on any atom is 0.246 e. The first-order chi connectivity index (χ1) is 15.4. The van der Waals surface area contributed by atoms with Crippen LogP contribution in [0.25, 0.3) is 0 Å². The topological polar surface area (TPSA) is 95.8 Å². The molecule has 0 saturated carbocycles. The summed E-state index contributed by atoms with van der Waals surface area (Å²) in [6.45, 7) is 5.25. The number of rotatable bonds is 6. The summed E-state index contributed by atoms with van der Waals surface area (Å²) in [5.41, 5.74) is 0.917. The second-order valence-corrected chi connectivity index (χ2v) is 10.2. The smallest absolute Gasteiger partial charge is 0.246 e. The summed E-state index contributed by atoms with van der Waals surface area (Å²) < 4.78 is 37.9. The molecular weight excluding hydrogens is 452 g/mol. The number of halogens is 1. The zero-order valence-corrected chi connectivity index (χ0v) is 19.5. The zero-order valence-electron chi connectivity index (χ0n) is 17.9. The van der Waals surface area contributed by atoms with Crippen LogP contribution in [-0.4, -0.2) is 58.5 Å². The molecule has 170 valence electrons. The number of sulfone groups is 1. The van der Waals surface area contributed by atoms with Crippen molar-refractivity contribution in [2.45, 2.75) is 24.7 Å². The van der Waals surface area contributed by atoms with Crippen LogP contribution in [0.2, 0.25) is 5.02 Å². The van der Waals surface area contributed by atoms with Gasteiger partial charge in [0, 0.05) is 26.2 Å². The first-order valence-corrected chi connectivity index (χ1v) is 12.7. The number of hydrogen-bond acceptors (Lipinski definition) is 8. The third kappa shape index (κ3) is 4.49. The molecule has 0 amide bonds. The number of anilines is 2. The van der Waals surface area contributed by atoms with E-state index in [9.17, 15) is 8.42 Å². The molecule has 2 aromatic rings. The molecule has 0 aliphatic carbocycles. The van der Waals surface area contributed by atoms with Gasteiger partial charge in [0.2, 0.25) is 5.88 Å². The summed E-state index contributed by atoms with van der Waals surface area (Å²) in [6.07, 6.45) is 1.87. The van der Waals surface area contributed by atoms with Crippen molar-refractivity contribution in [1.29, 1.82) is 5.26 Å². The molecule has 8 nitrogen and oxygen atoms in total. The molecule has 3 heterocycles. The summed E-state index contributed by atoms with van der Waals surface area (Å²) in [4.78, 5) is 8.73. The van der Waals surface area contributed by atoms with Gasteiger partial charge in [-0.3, -0.25) is 0 Å². The zero-order chi connectivity index (χ0) is 22.7. The summed E-state index contributed by atoms with van der Waals surface area (Å²) in [5.74, 6) is 1.05. The molecule has 10 heteroatoms. The minimum absolute atomic E-state index is 0.00763. The Morgan fingerprint density at radius 2 is 1.94 bits per heavy atom. The lowest BCUT2D eigenvalue weighted by Crippen LogP contribution is -2.39. The number of ether oxygens (including phenoxy) is 2. The maximum absolute atomic E-state index is 13.2. The van der Waals surface area contributed by atoms with Gasteiger partial charge in [0.25, 0.3) is 0 Å². The van der Waals surface area contributed by atoms with Crippen LogP contribution in [0.1, 0.15) is 25.3 Å². The second-order valence-electron chi connectivity index (χ2n) is 7.73. The Kier molecular flexibility index (Phi) is 6.74. The van der Waals surface area contributed by atoms with Crippen molar-refractivity contribution >= 4 is 32.9 Å². The number of pyridine rings is 1. The van der Waals surface area contributed by atoms with Crippen LogP contribution in [0.15, 0.2) is 29.2 Å². The fourth-order valence-corrected chi connectivity index (χ4v) is 5.99. The lowest BCUT2D eigenvalue weighted by Gasteiger charge is -2.35. The monoisotopic (exact) mass is 476 g/mol. The van der Waals surface area contributed by atoms with Gasteiger partial charge >= 0.3 is 0 Å². The number of aromatic nitrogens is 1. The number of nitrogens with zero attached hydrogens (tertiary/aromatic N) is 4. The Morgan fingerprint density at radius 3 is 2.59 bits per heavy atom. The molecule has 0 spiro atoms. The van der Waals surface area contributed by atoms with Gasteiger partial charge in [-0.15, -0.1) is 0 Å². The summed E-state index contributed by atoms with van der Waals surface area (Å²) in [5, 5.41) is 9.19. The van der Waals surface area contributed by atoms with Crippen molar-refractivity contribution in [2.24, 2.45) is 0 Å². The van der Waals surface area contributed by atoms with Gasteiger partial charge in [0.1, 0.15) is 21.4 Å². The molecule has 4 rings (SSSR count). The Balaban J connectivity index is 1.87. The van der Waals surface area contributed by atoms with Crippen LogP contribution in [-0.2, 0) is 14.6 Å². The molecule has 1 aromatic carbocycles. The summed E-state index contributed by atoms with van der Waals surface area (Å²) >= 11 is 6.72. The quantitative estimate of drug-likeness (QED) is 0.623. The van der Waals surface area contributed by atoms with Crippen LogP contribution >= 0.6 is 11.6 Å². The number of hydrogen-bond donors (Lipinski definition) is 0. The lowest BCUT2D eigenvalue weighted by atomic mass is 10.2. The van der Waals surface area contributed by atoms with Gasteiger partial charge < -0.3 is 19.3 Å². The standard InChI is InChI=1S/C22H25ClN4O4S/c1-2-3-8-26-11-14-32(28,29)20-18(23)21(27-9-12-30-13-10-27)25-22(19(20)26)31-17-6-4-16(15-24)5-7-17/h4-7H,2-3,8-14H2,1H3. The highest BCUT2D eigenvalue weighted by molar-refractivity contribution is 7.91. The molecule has 0 atom stereocenters. The molecule has 0 bridgehead atoms. The predicted octanol–water partition coefficient (Wildman–Crippen LogP) is 3.63. The summed E-state index contributed by atoms with van der Waals surface area (Å²) in [6, 6.07) is 8.70. The van der Waals surface area contributed by atoms with Crippen LogP contribution in [0.3, 0.4) is 0 Å². The van der Waals surface area contributed by atoms with Gasteiger partial charge in [0.05, 0.1) is 30.6 Å². The maximum atomic E-state index is 13.2. The minimum Gasteiger partial charge on any atom is -0.437 e. The molecule has 1 fully saturated rings. The Morgan fingerprint density at radius 1 is 1.22 bits per heavy atom. The largest absolute Gasteiger partial charge is 0.437 e. The van der Waals surface area contributed by atoms with E-state index >= 15 is 0 Å². The van der Waals surface area contributed by atoms with E-state index < -0.39 is 9.84 Å². The van der Waals surface area contributed by atoms with Crippen LogP contribution in [0, 0.1) is 11.3 Å². The van der Waals surface area contributed by atoms with Crippen molar-refractivity contribution in [3.05, 3.63) is 34.9 Å². The van der Waals surface area contributed by atoms with Crippen molar-refractivity contribution in [3.63, 3.8) is 0 Å². The molecule has 0 N–H and O–H groups in total. The van der Waals surface area contributed by atoms with Crippen molar-refractivity contribution in [1.82, 2.24) is 4.98 Å². The van der Waals surface area contributed by atoms with Crippen LogP contribution in [0.4, 0.5) is 11.5 Å². The van der Waals surface area contributed by atoms with E-state index in [0.29, 0.717) is 62.2 Å². The van der Waals surface area contributed by atoms with E-state index in [1.807, 2.05) is 9.80 Å². The Bertz CT molecular complexity index is 1130. The van der Waals surface area contributed by atoms with Gasteiger partial charge in [-0.2, -0.15) is 10.2 Å². The Labute approximate surface area is 193 Å². The molecule has 32 heavy (non-hydrogen) atoms. The normalized spacial score (nSPS) is 17.5. The van der Waals surface area contributed by atoms with E-state index in [1.54, 1.807) is 24.3 Å². The molecule has 1 aromatic heterocycles. The molecular formula is C22H25ClN4O4S. The highest BCUT2D eigenvalue weighted by atomic mass is 35.5. The van der Waals surface area contributed by atoms with Gasteiger partial charge in [-0.05, 0) is 30.7 Å².